The Bertz CT molecular complexity index is 259. The van der Waals surface area contributed by atoms with Crippen LogP contribution in [0.3, 0.4) is 0 Å². The molecule has 0 unspecified atom stereocenters. The van der Waals surface area contributed by atoms with Crippen molar-refractivity contribution in [1.29, 1.82) is 0 Å². The van der Waals surface area contributed by atoms with Gasteiger partial charge in [0.1, 0.15) is 0 Å². The first kappa shape index (κ1) is 17.4. The van der Waals surface area contributed by atoms with Crippen LogP contribution in [0.2, 0.25) is 0 Å². The molecule has 0 aromatic heterocycles. The molecule has 118 valence electrons. The fourth-order valence-electron chi connectivity index (χ4n) is 3.14. The largest absolute Gasteiger partial charge is 0.395 e. The van der Waals surface area contributed by atoms with Crippen LogP contribution >= 0.6 is 0 Å². The SMILES string of the molecule is CCCN(CCC)C(=O)CN(CCO)C1CCCCC1. The smallest absolute Gasteiger partial charge is 0.236 e. The molecule has 0 aliphatic heterocycles. The molecule has 4 nitrogen and oxygen atoms in total. The van der Waals surface area contributed by atoms with Gasteiger partial charge in [-0.1, -0.05) is 33.1 Å². The van der Waals surface area contributed by atoms with Crippen LogP contribution in [0, 0.1) is 0 Å². The van der Waals surface area contributed by atoms with Gasteiger partial charge < -0.3 is 10.0 Å². The van der Waals surface area contributed by atoms with E-state index in [-0.39, 0.29) is 12.5 Å². The number of amides is 1. The molecule has 0 saturated heterocycles. The van der Waals surface area contributed by atoms with E-state index in [2.05, 4.69) is 18.7 Å². The second-order valence-electron chi connectivity index (χ2n) is 5.87. The molecule has 1 rings (SSSR count). The number of nitrogens with zero attached hydrogens (tertiary/aromatic N) is 2. The van der Waals surface area contributed by atoms with Gasteiger partial charge in [-0.25, -0.2) is 0 Å². The number of carbonyl (C=O) groups is 1. The maximum Gasteiger partial charge on any atom is 0.236 e. The second-order valence-corrected chi connectivity index (χ2v) is 5.87. The molecule has 1 aliphatic rings. The summed E-state index contributed by atoms with van der Waals surface area (Å²) in [7, 11) is 0. The number of aliphatic hydroxyl groups excluding tert-OH is 1. The van der Waals surface area contributed by atoms with Crippen LogP contribution in [0.5, 0.6) is 0 Å². The van der Waals surface area contributed by atoms with Crippen LogP contribution < -0.4 is 0 Å². The van der Waals surface area contributed by atoms with E-state index in [4.69, 9.17) is 0 Å². The Morgan fingerprint density at radius 2 is 1.65 bits per heavy atom. The average Bonchev–Trinajstić information content (AvgIpc) is 2.47. The molecule has 0 heterocycles. The topological polar surface area (TPSA) is 43.8 Å². The molecule has 0 aromatic rings. The summed E-state index contributed by atoms with van der Waals surface area (Å²) in [5, 5.41) is 9.26. The van der Waals surface area contributed by atoms with Crippen molar-refractivity contribution in [1.82, 2.24) is 9.80 Å². The van der Waals surface area contributed by atoms with Gasteiger partial charge in [-0.3, -0.25) is 9.69 Å². The number of rotatable bonds is 9. The summed E-state index contributed by atoms with van der Waals surface area (Å²) in [4.78, 5) is 16.6. The van der Waals surface area contributed by atoms with Crippen molar-refractivity contribution in [3.05, 3.63) is 0 Å². The fraction of sp³-hybridized carbons (Fsp3) is 0.938. The third-order valence-corrected chi connectivity index (χ3v) is 4.16. The Morgan fingerprint density at radius 1 is 1.05 bits per heavy atom. The van der Waals surface area contributed by atoms with Crippen molar-refractivity contribution >= 4 is 5.91 Å². The molecular formula is C16H32N2O2. The molecule has 20 heavy (non-hydrogen) atoms. The van der Waals surface area contributed by atoms with E-state index < -0.39 is 0 Å². The van der Waals surface area contributed by atoms with Crippen LogP contribution in [0.25, 0.3) is 0 Å². The Hall–Kier alpha value is -0.610. The zero-order valence-corrected chi connectivity index (χ0v) is 13.3. The standard InChI is InChI=1S/C16H32N2O2/c1-3-10-17(11-4-2)16(20)14-18(12-13-19)15-8-6-5-7-9-15/h15,19H,3-14H2,1-2H3. The highest BCUT2D eigenvalue weighted by molar-refractivity contribution is 5.78. The van der Waals surface area contributed by atoms with Gasteiger partial charge in [0, 0.05) is 25.7 Å². The molecule has 0 atom stereocenters. The molecule has 1 fully saturated rings. The Morgan fingerprint density at radius 3 is 2.15 bits per heavy atom. The number of carbonyl (C=O) groups excluding carboxylic acids is 1. The summed E-state index contributed by atoms with van der Waals surface area (Å²) in [5.74, 6) is 0.229. The summed E-state index contributed by atoms with van der Waals surface area (Å²) < 4.78 is 0. The van der Waals surface area contributed by atoms with E-state index in [0.29, 0.717) is 19.1 Å². The Labute approximate surface area is 124 Å². The number of hydrogen-bond acceptors (Lipinski definition) is 3. The minimum atomic E-state index is 0.144. The quantitative estimate of drug-likeness (QED) is 0.706. The average molecular weight is 284 g/mol. The zero-order valence-electron chi connectivity index (χ0n) is 13.3. The lowest BCUT2D eigenvalue weighted by Crippen LogP contribution is -2.46. The molecule has 0 spiro atoms. The van der Waals surface area contributed by atoms with E-state index in [1.165, 1.54) is 32.1 Å². The Kier molecular flexibility index (Phi) is 8.86. The monoisotopic (exact) mass is 284 g/mol. The van der Waals surface area contributed by atoms with Crippen LogP contribution in [-0.2, 0) is 4.79 Å². The van der Waals surface area contributed by atoms with Crippen LogP contribution in [0.1, 0.15) is 58.8 Å². The van der Waals surface area contributed by atoms with Crippen LogP contribution in [-0.4, -0.2) is 59.6 Å². The molecule has 4 heteroatoms. The van der Waals surface area contributed by atoms with Gasteiger partial charge in [0.15, 0.2) is 0 Å². The first-order valence-electron chi connectivity index (χ1n) is 8.35. The number of hydrogen-bond donors (Lipinski definition) is 1. The highest BCUT2D eigenvalue weighted by Crippen LogP contribution is 2.22. The third kappa shape index (κ3) is 5.80. The highest BCUT2D eigenvalue weighted by Gasteiger charge is 2.24. The van der Waals surface area contributed by atoms with Gasteiger partial charge in [0.2, 0.25) is 5.91 Å². The minimum absolute atomic E-state index is 0.144. The molecule has 0 aromatic carbocycles. The summed E-state index contributed by atoms with van der Waals surface area (Å²) >= 11 is 0. The van der Waals surface area contributed by atoms with Gasteiger partial charge in [0.25, 0.3) is 0 Å². The lowest BCUT2D eigenvalue weighted by Gasteiger charge is -2.35. The van der Waals surface area contributed by atoms with Crippen molar-refractivity contribution in [3.63, 3.8) is 0 Å². The van der Waals surface area contributed by atoms with Gasteiger partial charge in [-0.15, -0.1) is 0 Å². The molecule has 1 amide bonds. The molecule has 0 radical (unpaired) electrons. The van der Waals surface area contributed by atoms with E-state index >= 15 is 0 Å². The van der Waals surface area contributed by atoms with Crippen molar-refractivity contribution in [3.8, 4) is 0 Å². The predicted octanol–water partition coefficient (Wildman–Crippen LogP) is 2.26. The molecule has 1 N–H and O–H groups in total. The summed E-state index contributed by atoms with van der Waals surface area (Å²) in [6, 6.07) is 0.491. The third-order valence-electron chi connectivity index (χ3n) is 4.16. The maximum atomic E-state index is 12.5. The van der Waals surface area contributed by atoms with Gasteiger partial charge in [0.05, 0.1) is 13.2 Å². The van der Waals surface area contributed by atoms with Crippen LogP contribution in [0.15, 0.2) is 0 Å². The van der Waals surface area contributed by atoms with Gasteiger partial charge in [-0.2, -0.15) is 0 Å². The lowest BCUT2D eigenvalue weighted by atomic mass is 9.94. The molecular weight excluding hydrogens is 252 g/mol. The first-order valence-corrected chi connectivity index (χ1v) is 8.35. The Balaban J connectivity index is 2.55. The van der Waals surface area contributed by atoms with E-state index in [0.717, 1.165) is 25.9 Å². The fourth-order valence-corrected chi connectivity index (χ4v) is 3.14. The number of aliphatic hydroxyl groups is 1. The highest BCUT2D eigenvalue weighted by atomic mass is 16.3. The van der Waals surface area contributed by atoms with E-state index in [1.807, 2.05) is 4.90 Å². The zero-order chi connectivity index (χ0) is 14.8. The predicted molar refractivity (Wildman–Crippen MR) is 82.7 cm³/mol. The summed E-state index contributed by atoms with van der Waals surface area (Å²) in [6.45, 7) is 7.18. The first-order chi connectivity index (χ1) is 9.72. The van der Waals surface area contributed by atoms with E-state index in [1.54, 1.807) is 0 Å². The van der Waals surface area contributed by atoms with Crippen molar-refractivity contribution < 1.29 is 9.90 Å². The normalized spacial score (nSPS) is 16.6. The molecule has 0 bridgehead atoms. The van der Waals surface area contributed by atoms with E-state index in [9.17, 15) is 9.90 Å². The molecule has 1 aliphatic carbocycles. The second kappa shape index (κ2) is 10.2. The summed E-state index contributed by atoms with van der Waals surface area (Å²) in [6.07, 6.45) is 8.20. The molecule has 1 saturated carbocycles. The van der Waals surface area contributed by atoms with Crippen molar-refractivity contribution in [2.75, 3.05) is 32.8 Å². The minimum Gasteiger partial charge on any atom is -0.395 e. The summed E-state index contributed by atoms with van der Waals surface area (Å²) in [5.41, 5.74) is 0. The lowest BCUT2D eigenvalue weighted by molar-refractivity contribution is -0.133. The van der Waals surface area contributed by atoms with Crippen molar-refractivity contribution in [2.45, 2.75) is 64.8 Å². The van der Waals surface area contributed by atoms with Gasteiger partial charge >= 0.3 is 0 Å². The van der Waals surface area contributed by atoms with Gasteiger partial charge in [-0.05, 0) is 25.7 Å². The maximum absolute atomic E-state index is 12.5. The van der Waals surface area contributed by atoms with Crippen LogP contribution in [0.4, 0.5) is 0 Å². The van der Waals surface area contributed by atoms with Crippen molar-refractivity contribution in [2.24, 2.45) is 0 Å².